The third-order valence-electron chi connectivity index (χ3n) is 1.64. The lowest BCUT2D eigenvalue weighted by molar-refractivity contribution is -0.146. The first-order valence-corrected chi connectivity index (χ1v) is 3.75. The minimum Gasteiger partial charge on any atom is -0.458 e. The zero-order valence-corrected chi connectivity index (χ0v) is 6.69. The predicted molar refractivity (Wildman–Crippen MR) is 39.4 cm³/mol. The van der Waals surface area contributed by atoms with Gasteiger partial charge in [0.2, 0.25) is 0 Å². The minimum atomic E-state index is -0.163. The first-order valence-electron chi connectivity index (χ1n) is 3.75. The Morgan fingerprint density at radius 2 is 2.17 bits per heavy atom. The summed E-state index contributed by atoms with van der Waals surface area (Å²) < 4.78 is 9.39. The van der Waals surface area contributed by atoms with Crippen LogP contribution in [-0.4, -0.2) is 50.2 Å². The summed E-state index contributed by atoms with van der Waals surface area (Å²) in [6, 6.07) is 0. The lowest BCUT2D eigenvalue weighted by Gasteiger charge is -2.26. The van der Waals surface area contributed by atoms with Crippen LogP contribution in [0.1, 0.15) is 0 Å². The summed E-state index contributed by atoms with van der Waals surface area (Å²) in [5.74, 6) is -0.162. The molecule has 0 N–H and O–H groups in total. The standard InChI is InChI=1S/C7H11NO4/c9-6-12-5-7(10)8-1-3-11-4-2-8/h6H,1-5H2. The Morgan fingerprint density at radius 3 is 2.75 bits per heavy atom. The second-order valence-electron chi connectivity index (χ2n) is 2.40. The van der Waals surface area contributed by atoms with E-state index in [9.17, 15) is 9.59 Å². The van der Waals surface area contributed by atoms with E-state index in [0.29, 0.717) is 26.3 Å². The van der Waals surface area contributed by atoms with E-state index in [1.54, 1.807) is 4.90 Å². The number of hydrogen-bond donors (Lipinski definition) is 0. The van der Waals surface area contributed by atoms with Crippen molar-refractivity contribution in [2.24, 2.45) is 0 Å². The maximum Gasteiger partial charge on any atom is 0.293 e. The van der Waals surface area contributed by atoms with Crippen molar-refractivity contribution in [2.45, 2.75) is 0 Å². The predicted octanol–water partition coefficient (Wildman–Crippen LogP) is -0.982. The van der Waals surface area contributed by atoms with E-state index in [4.69, 9.17) is 4.74 Å². The summed E-state index contributed by atoms with van der Waals surface area (Å²) in [5.41, 5.74) is 0. The highest BCUT2D eigenvalue weighted by Gasteiger charge is 2.16. The van der Waals surface area contributed by atoms with Crippen LogP contribution in [0.15, 0.2) is 0 Å². The maximum atomic E-state index is 11.1. The summed E-state index contributed by atoms with van der Waals surface area (Å²) in [7, 11) is 0. The molecule has 0 aromatic rings. The van der Waals surface area contributed by atoms with Gasteiger partial charge >= 0.3 is 0 Å². The molecule has 1 amide bonds. The summed E-state index contributed by atoms with van der Waals surface area (Å²) in [4.78, 5) is 22.5. The van der Waals surface area contributed by atoms with Crippen LogP contribution >= 0.6 is 0 Å². The third-order valence-corrected chi connectivity index (χ3v) is 1.64. The number of rotatable bonds is 3. The zero-order chi connectivity index (χ0) is 8.81. The largest absolute Gasteiger partial charge is 0.458 e. The van der Waals surface area contributed by atoms with E-state index in [1.807, 2.05) is 0 Å². The van der Waals surface area contributed by atoms with Crippen molar-refractivity contribution < 1.29 is 19.1 Å². The van der Waals surface area contributed by atoms with E-state index in [2.05, 4.69) is 4.74 Å². The average Bonchev–Trinajstić information content (AvgIpc) is 2.15. The van der Waals surface area contributed by atoms with Crippen LogP contribution in [0.25, 0.3) is 0 Å². The highest BCUT2D eigenvalue weighted by atomic mass is 16.5. The van der Waals surface area contributed by atoms with E-state index in [0.717, 1.165) is 0 Å². The Hall–Kier alpha value is -1.10. The van der Waals surface area contributed by atoms with Gasteiger partial charge in [-0.2, -0.15) is 0 Å². The molecule has 0 aromatic heterocycles. The smallest absolute Gasteiger partial charge is 0.293 e. The Kier molecular flexibility index (Phi) is 3.53. The number of amides is 1. The van der Waals surface area contributed by atoms with Crippen LogP contribution in [0.3, 0.4) is 0 Å². The molecule has 68 valence electrons. The highest BCUT2D eigenvalue weighted by molar-refractivity contribution is 5.78. The molecular formula is C7H11NO4. The molecule has 1 aliphatic heterocycles. The monoisotopic (exact) mass is 173 g/mol. The number of ether oxygens (including phenoxy) is 2. The molecule has 0 saturated carbocycles. The molecule has 0 unspecified atom stereocenters. The fourth-order valence-corrected chi connectivity index (χ4v) is 1.01. The van der Waals surface area contributed by atoms with Crippen LogP contribution in [-0.2, 0) is 19.1 Å². The Morgan fingerprint density at radius 1 is 1.50 bits per heavy atom. The first-order chi connectivity index (χ1) is 5.84. The molecule has 1 aliphatic rings. The minimum absolute atomic E-state index is 0.162. The van der Waals surface area contributed by atoms with Crippen molar-refractivity contribution in [3.63, 3.8) is 0 Å². The van der Waals surface area contributed by atoms with Crippen LogP contribution in [0, 0.1) is 0 Å². The quantitative estimate of drug-likeness (QED) is 0.515. The molecule has 0 aliphatic carbocycles. The molecule has 0 aromatic carbocycles. The van der Waals surface area contributed by atoms with E-state index in [1.165, 1.54) is 0 Å². The number of carbonyl (C=O) groups is 2. The molecular weight excluding hydrogens is 162 g/mol. The summed E-state index contributed by atoms with van der Waals surface area (Å²) >= 11 is 0. The van der Waals surface area contributed by atoms with Gasteiger partial charge in [0.25, 0.3) is 12.4 Å². The van der Waals surface area contributed by atoms with Crippen molar-refractivity contribution in [2.75, 3.05) is 32.9 Å². The lowest BCUT2D eigenvalue weighted by Crippen LogP contribution is -2.42. The van der Waals surface area contributed by atoms with Crippen molar-refractivity contribution in [1.29, 1.82) is 0 Å². The van der Waals surface area contributed by atoms with Gasteiger partial charge in [0.1, 0.15) is 0 Å². The van der Waals surface area contributed by atoms with E-state index in [-0.39, 0.29) is 19.0 Å². The molecule has 12 heavy (non-hydrogen) atoms. The number of hydrogen-bond acceptors (Lipinski definition) is 4. The van der Waals surface area contributed by atoms with E-state index < -0.39 is 0 Å². The average molecular weight is 173 g/mol. The highest BCUT2D eigenvalue weighted by Crippen LogP contribution is 1.96. The fraction of sp³-hybridized carbons (Fsp3) is 0.714. The van der Waals surface area contributed by atoms with Crippen molar-refractivity contribution >= 4 is 12.4 Å². The van der Waals surface area contributed by atoms with Crippen LogP contribution in [0.5, 0.6) is 0 Å². The second kappa shape index (κ2) is 4.71. The van der Waals surface area contributed by atoms with Gasteiger partial charge in [0, 0.05) is 13.1 Å². The van der Waals surface area contributed by atoms with Gasteiger partial charge in [-0.1, -0.05) is 0 Å². The first kappa shape index (κ1) is 8.99. The van der Waals surface area contributed by atoms with Gasteiger partial charge in [-0.05, 0) is 0 Å². The van der Waals surface area contributed by atoms with Crippen molar-refractivity contribution in [3.8, 4) is 0 Å². The third kappa shape index (κ3) is 2.50. The molecule has 5 nitrogen and oxygen atoms in total. The van der Waals surface area contributed by atoms with Crippen LogP contribution in [0.2, 0.25) is 0 Å². The molecule has 0 spiro atoms. The molecule has 0 bridgehead atoms. The van der Waals surface area contributed by atoms with Crippen molar-refractivity contribution in [1.82, 2.24) is 4.90 Å². The maximum absolute atomic E-state index is 11.1. The second-order valence-corrected chi connectivity index (χ2v) is 2.40. The Labute approximate surface area is 70.2 Å². The molecule has 1 saturated heterocycles. The van der Waals surface area contributed by atoms with Gasteiger partial charge < -0.3 is 14.4 Å². The molecule has 1 heterocycles. The topological polar surface area (TPSA) is 55.8 Å². The summed E-state index contributed by atoms with van der Waals surface area (Å²) in [6.45, 7) is 2.41. The zero-order valence-electron chi connectivity index (χ0n) is 6.69. The van der Waals surface area contributed by atoms with Crippen LogP contribution in [0.4, 0.5) is 0 Å². The number of carbonyl (C=O) groups excluding carboxylic acids is 2. The molecule has 0 radical (unpaired) electrons. The summed E-state index contributed by atoms with van der Waals surface area (Å²) in [5, 5.41) is 0. The Balaban J connectivity index is 2.24. The van der Waals surface area contributed by atoms with Gasteiger partial charge in [0.05, 0.1) is 13.2 Å². The van der Waals surface area contributed by atoms with Gasteiger partial charge in [-0.3, -0.25) is 9.59 Å². The van der Waals surface area contributed by atoms with Gasteiger partial charge in [-0.25, -0.2) is 0 Å². The number of nitrogens with zero attached hydrogens (tertiary/aromatic N) is 1. The number of morpholine rings is 1. The molecule has 1 rings (SSSR count). The van der Waals surface area contributed by atoms with Crippen molar-refractivity contribution in [3.05, 3.63) is 0 Å². The lowest BCUT2D eigenvalue weighted by atomic mass is 10.4. The van der Waals surface area contributed by atoms with Crippen LogP contribution < -0.4 is 0 Å². The fourth-order valence-electron chi connectivity index (χ4n) is 1.01. The Bertz CT molecular complexity index is 165. The molecule has 1 fully saturated rings. The molecule has 0 atom stereocenters. The normalized spacial score (nSPS) is 17.2. The summed E-state index contributed by atoms with van der Waals surface area (Å²) in [6.07, 6.45) is 0. The van der Waals surface area contributed by atoms with Gasteiger partial charge in [0.15, 0.2) is 6.61 Å². The molecule has 5 heteroatoms. The van der Waals surface area contributed by atoms with Gasteiger partial charge in [-0.15, -0.1) is 0 Å². The van der Waals surface area contributed by atoms with E-state index >= 15 is 0 Å². The SMILES string of the molecule is O=COCC(=O)N1CCOCC1.